The minimum atomic E-state index is -0.975. The number of rotatable bonds is 1. The number of benzene rings is 1. The second kappa shape index (κ2) is 3.87. The average molecular weight is 262 g/mol. The predicted octanol–water partition coefficient (Wildman–Crippen LogP) is 0.693. The van der Waals surface area contributed by atoms with Crippen molar-refractivity contribution in [3.63, 3.8) is 0 Å². The van der Waals surface area contributed by atoms with Gasteiger partial charge in [-0.25, -0.2) is 23.1 Å². The molecule has 0 radical (unpaired) electrons. The number of nitrogen functional groups attached to an aromatic ring is 1. The van der Waals surface area contributed by atoms with Gasteiger partial charge in [0.1, 0.15) is 6.33 Å². The lowest BCUT2D eigenvalue weighted by Crippen LogP contribution is -2.27. The Kier molecular flexibility index (Phi) is 2.31. The van der Waals surface area contributed by atoms with Crippen LogP contribution in [0.2, 0.25) is 0 Å². The van der Waals surface area contributed by atoms with E-state index in [4.69, 9.17) is 11.3 Å². The van der Waals surface area contributed by atoms with E-state index in [1.165, 1.54) is 23.3 Å². The Labute approximate surface area is 105 Å². The highest BCUT2D eigenvalue weighted by molar-refractivity contribution is 5.74. The van der Waals surface area contributed by atoms with Gasteiger partial charge in [-0.1, -0.05) is 0 Å². The van der Waals surface area contributed by atoms with Crippen LogP contribution in [-0.4, -0.2) is 19.4 Å². The molecule has 0 atom stereocenters. The summed E-state index contributed by atoms with van der Waals surface area (Å²) in [7, 11) is 0. The van der Waals surface area contributed by atoms with Gasteiger partial charge in [0.15, 0.2) is 22.8 Å². The molecule has 2 aromatic heterocycles. The van der Waals surface area contributed by atoms with Crippen LogP contribution in [0.1, 0.15) is 0 Å². The van der Waals surface area contributed by atoms with Crippen LogP contribution in [0.5, 0.6) is 0 Å². The lowest BCUT2D eigenvalue weighted by atomic mass is 10.3. The van der Waals surface area contributed by atoms with E-state index in [0.717, 1.165) is 16.8 Å². The molecule has 3 rings (SSSR count). The third kappa shape index (κ3) is 1.65. The molecule has 0 aliphatic heterocycles. The molecule has 6 nitrogen and oxygen atoms in total. The Hall–Kier alpha value is -2.77. The van der Waals surface area contributed by atoms with Crippen LogP contribution in [0.15, 0.2) is 30.7 Å². The molecule has 0 saturated carbocycles. The van der Waals surface area contributed by atoms with Crippen molar-refractivity contribution in [2.45, 2.75) is 0 Å². The SMILES string of the molecule is N=c1c2cnn(-c3ccc(F)c(F)c3)c2ncn1N. The van der Waals surface area contributed by atoms with Crippen molar-refractivity contribution in [2.75, 3.05) is 5.84 Å². The van der Waals surface area contributed by atoms with Gasteiger partial charge >= 0.3 is 0 Å². The topological polar surface area (TPSA) is 85.5 Å². The van der Waals surface area contributed by atoms with Crippen molar-refractivity contribution < 1.29 is 8.78 Å². The molecule has 1 aromatic carbocycles. The highest BCUT2D eigenvalue weighted by atomic mass is 19.2. The van der Waals surface area contributed by atoms with Crippen molar-refractivity contribution >= 4 is 11.0 Å². The fraction of sp³-hybridized carbons (Fsp3) is 0. The molecular weight excluding hydrogens is 254 g/mol. The molecule has 0 bridgehead atoms. The number of aromatic nitrogens is 4. The molecular formula is C11H8F2N6. The standard InChI is InChI=1S/C11H8F2N6/c12-8-2-1-6(3-9(8)13)19-11-7(4-17-19)10(14)18(15)5-16-11/h1-5,14H,15H2. The molecule has 19 heavy (non-hydrogen) atoms. The Morgan fingerprint density at radius 1 is 1.21 bits per heavy atom. The van der Waals surface area contributed by atoms with Gasteiger partial charge in [0.2, 0.25) is 0 Å². The molecule has 0 aliphatic rings. The first-order valence-corrected chi connectivity index (χ1v) is 5.28. The van der Waals surface area contributed by atoms with E-state index in [-0.39, 0.29) is 5.49 Å². The van der Waals surface area contributed by atoms with Crippen molar-refractivity contribution in [2.24, 2.45) is 0 Å². The second-order valence-corrected chi connectivity index (χ2v) is 3.89. The molecule has 3 aromatic rings. The number of hydrogen-bond acceptors (Lipinski definition) is 4. The van der Waals surface area contributed by atoms with Gasteiger partial charge in [0.25, 0.3) is 0 Å². The Balaban J connectivity index is 2.29. The molecule has 8 heteroatoms. The summed E-state index contributed by atoms with van der Waals surface area (Å²) >= 11 is 0. The zero-order valence-electron chi connectivity index (χ0n) is 9.51. The summed E-state index contributed by atoms with van der Waals surface area (Å²) < 4.78 is 28.5. The zero-order valence-corrected chi connectivity index (χ0v) is 9.51. The van der Waals surface area contributed by atoms with Crippen LogP contribution in [0, 0.1) is 17.0 Å². The van der Waals surface area contributed by atoms with E-state index < -0.39 is 11.6 Å². The molecule has 0 saturated heterocycles. The van der Waals surface area contributed by atoms with Crippen LogP contribution in [-0.2, 0) is 0 Å². The number of nitrogens with two attached hydrogens (primary N) is 1. The van der Waals surface area contributed by atoms with Gasteiger partial charge in [-0.3, -0.25) is 5.41 Å². The first-order valence-electron chi connectivity index (χ1n) is 5.28. The van der Waals surface area contributed by atoms with Crippen LogP contribution in [0.4, 0.5) is 8.78 Å². The van der Waals surface area contributed by atoms with Gasteiger partial charge in [-0.2, -0.15) is 5.10 Å². The molecule has 0 unspecified atom stereocenters. The van der Waals surface area contributed by atoms with Gasteiger partial charge in [-0.05, 0) is 12.1 Å². The first kappa shape index (κ1) is 11.3. The fourth-order valence-electron chi connectivity index (χ4n) is 1.75. The fourth-order valence-corrected chi connectivity index (χ4v) is 1.75. The molecule has 0 amide bonds. The monoisotopic (exact) mass is 262 g/mol. The third-order valence-electron chi connectivity index (χ3n) is 2.71. The third-order valence-corrected chi connectivity index (χ3v) is 2.71. The smallest absolute Gasteiger partial charge is 0.168 e. The van der Waals surface area contributed by atoms with E-state index in [2.05, 4.69) is 10.1 Å². The quantitative estimate of drug-likeness (QED) is 0.633. The summed E-state index contributed by atoms with van der Waals surface area (Å²) in [5.41, 5.74) is 0.687. The van der Waals surface area contributed by atoms with Crippen LogP contribution < -0.4 is 11.3 Å². The maximum atomic E-state index is 13.2. The summed E-state index contributed by atoms with van der Waals surface area (Å²) in [6, 6.07) is 3.39. The molecule has 0 fully saturated rings. The minimum Gasteiger partial charge on any atom is -0.336 e. The normalized spacial score (nSPS) is 11.1. The highest BCUT2D eigenvalue weighted by Gasteiger charge is 2.10. The Morgan fingerprint density at radius 3 is 2.74 bits per heavy atom. The highest BCUT2D eigenvalue weighted by Crippen LogP contribution is 2.16. The van der Waals surface area contributed by atoms with E-state index in [1.807, 2.05) is 0 Å². The number of halogens is 2. The summed E-state index contributed by atoms with van der Waals surface area (Å²) in [5.74, 6) is 3.59. The van der Waals surface area contributed by atoms with Gasteiger partial charge in [0, 0.05) is 6.07 Å². The van der Waals surface area contributed by atoms with Crippen molar-refractivity contribution in [1.29, 1.82) is 5.41 Å². The second-order valence-electron chi connectivity index (χ2n) is 3.89. The summed E-state index contributed by atoms with van der Waals surface area (Å²) in [5, 5.41) is 12.2. The maximum Gasteiger partial charge on any atom is 0.168 e. The number of hydrogen-bond donors (Lipinski definition) is 2. The van der Waals surface area contributed by atoms with E-state index in [9.17, 15) is 8.78 Å². The zero-order chi connectivity index (χ0) is 13.6. The van der Waals surface area contributed by atoms with Crippen LogP contribution in [0.3, 0.4) is 0 Å². The van der Waals surface area contributed by atoms with Gasteiger partial charge in [0.05, 0.1) is 17.3 Å². The largest absolute Gasteiger partial charge is 0.336 e. The molecule has 3 N–H and O–H groups in total. The summed E-state index contributed by atoms with van der Waals surface area (Å²) in [6.45, 7) is 0. The number of nitrogens with one attached hydrogen (secondary N) is 1. The maximum absolute atomic E-state index is 13.2. The van der Waals surface area contributed by atoms with E-state index in [0.29, 0.717) is 16.7 Å². The summed E-state index contributed by atoms with van der Waals surface area (Å²) in [6.07, 6.45) is 2.65. The number of fused-ring (bicyclic) bond motifs is 1. The average Bonchev–Trinajstić information content (AvgIpc) is 2.82. The van der Waals surface area contributed by atoms with E-state index in [1.54, 1.807) is 0 Å². The lowest BCUT2D eigenvalue weighted by molar-refractivity contribution is 0.507. The van der Waals surface area contributed by atoms with Crippen molar-refractivity contribution in [3.8, 4) is 5.69 Å². The van der Waals surface area contributed by atoms with Crippen molar-refractivity contribution in [1.82, 2.24) is 19.4 Å². The summed E-state index contributed by atoms with van der Waals surface area (Å²) in [4.78, 5) is 4.03. The van der Waals surface area contributed by atoms with Gasteiger partial charge < -0.3 is 5.84 Å². The molecule has 96 valence electrons. The van der Waals surface area contributed by atoms with Crippen LogP contribution >= 0.6 is 0 Å². The first-order chi connectivity index (χ1) is 9.08. The predicted molar refractivity (Wildman–Crippen MR) is 62.8 cm³/mol. The molecule has 0 aliphatic carbocycles. The van der Waals surface area contributed by atoms with Crippen molar-refractivity contribution in [3.05, 3.63) is 47.8 Å². The molecule has 0 spiro atoms. The van der Waals surface area contributed by atoms with Gasteiger partial charge in [-0.15, -0.1) is 0 Å². The van der Waals surface area contributed by atoms with Crippen LogP contribution in [0.25, 0.3) is 16.7 Å². The van der Waals surface area contributed by atoms with E-state index >= 15 is 0 Å². The molecule has 2 heterocycles. The Morgan fingerprint density at radius 2 is 2.00 bits per heavy atom. The number of nitrogens with zero attached hydrogens (tertiary/aromatic N) is 4. The Bertz CT molecular complexity index is 835. The lowest BCUT2D eigenvalue weighted by Gasteiger charge is -2.04. The minimum absolute atomic E-state index is 0.0267.